The number of benzene rings is 1. The molecule has 0 spiro atoms. The number of amides is 1. The van der Waals surface area contributed by atoms with E-state index in [1.54, 1.807) is 12.1 Å². The Bertz CT molecular complexity index is 1020. The van der Waals surface area contributed by atoms with E-state index in [1.165, 1.54) is 0 Å². The largest absolute Gasteiger partial charge is 0.489 e. The van der Waals surface area contributed by atoms with Gasteiger partial charge in [0, 0.05) is 17.4 Å². The minimum absolute atomic E-state index is 0.00516. The number of hydrogen-bond acceptors (Lipinski definition) is 6. The maximum Gasteiger partial charge on any atom is 0.408 e. The summed E-state index contributed by atoms with van der Waals surface area (Å²) >= 11 is 6.64. The van der Waals surface area contributed by atoms with Crippen LogP contribution in [0.2, 0.25) is 5.02 Å². The van der Waals surface area contributed by atoms with Gasteiger partial charge in [0.1, 0.15) is 11.4 Å². The van der Waals surface area contributed by atoms with Gasteiger partial charge in [0.25, 0.3) is 0 Å². The molecular weight excluding hydrogens is 504 g/mol. The molecule has 0 unspecified atom stereocenters. The van der Waals surface area contributed by atoms with Crippen LogP contribution in [0.1, 0.15) is 91.9 Å². The fourth-order valence-electron chi connectivity index (χ4n) is 4.82. The molecule has 1 aromatic rings. The zero-order valence-corrected chi connectivity index (χ0v) is 24.4. The van der Waals surface area contributed by atoms with Crippen LogP contribution >= 0.6 is 11.6 Å². The molecule has 8 heteroatoms. The zero-order valence-electron chi connectivity index (χ0n) is 23.6. The van der Waals surface area contributed by atoms with Gasteiger partial charge in [0.15, 0.2) is 5.88 Å². The first-order valence-corrected chi connectivity index (χ1v) is 14.2. The summed E-state index contributed by atoms with van der Waals surface area (Å²) in [6, 6.07) is 3.69. The predicted octanol–water partition coefficient (Wildman–Crippen LogP) is 5.29. The summed E-state index contributed by atoms with van der Waals surface area (Å²) in [5, 5.41) is 14.6. The molecule has 0 aliphatic heterocycles. The number of aliphatic hydroxyl groups excluding tert-OH is 1. The molecule has 0 atom stereocenters. The molecule has 0 bridgehead atoms. The number of allylic oxidation sites excluding steroid dienone is 1. The highest BCUT2D eigenvalue weighted by atomic mass is 35.5. The molecule has 38 heavy (non-hydrogen) atoms. The molecule has 0 radical (unpaired) electrons. The number of nitrogens with one attached hydrogen (secondary N) is 1. The van der Waals surface area contributed by atoms with E-state index < -0.39 is 17.2 Å². The van der Waals surface area contributed by atoms with Gasteiger partial charge in [0.2, 0.25) is 0 Å². The lowest BCUT2D eigenvalue weighted by Gasteiger charge is -2.38. The third-order valence-electron chi connectivity index (χ3n) is 6.66. The van der Waals surface area contributed by atoms with Crippen LogP contribution in [0.5, 0.6) is 5.75 Å². The van der Waals surface area contributed by atoms with Crippen LogP contribution in [-0.2, 0) is 9.47 Å². The van der Waals surface area contributed by atoms with Crippen LogP contribution in [0, 0.1) is 0 Å². The van der Waals surface area contributed by atoms with E-state index in [-0.39, 0.29) is 12.7 Å². The smallest absolute Gasteiger partial charge is 0.408 e. The molecule has 4 N–H and O–H groups in total. The monoisotopic (exact) mass is 550 g/mol. The van der Waals surface area contributed by atoms with Gasteiger partial charge >= 0.3 is 6.09 Å². The van der Waals surface area contributed by atoms with Crippen LogP contribution in [0.25, 0.3) is 12.0 Å². The maximum absolute atomic E-state index is 12.6. The molecule has 1 saturated carbocycles. The highest BCUT2D eigenvalue weighted by molar-refractivity contribution is 6.32. The van der Waals surface area contributed by atoms with Gasteiger partial charge in [-0.2, -0.15) is 0 Å². The summed E-state index contributed by atoms with van der Waals surface area (Å²) < 4.78 is 17.7. The number of hydrogen-bond donors (Lipinski definition) is 3. The van der Waals surface area contributed by atoms with Gasteiger partial charge in [-0.15, -0.1) is 0 Å². The van der Waals surface area contributed by atoms with Crippen LogP contribution in [-0.4, -0.2) is 41.7 Å². The predicted molar refractivity (Wildman–Crippen MR) is 154 cm³/mol. The number of ether oxygens (including phenoxy) is 3. The average molecular weight is 551 g/mol. The fraction of sp³-hybridized carbons (Fsp3) is 0.633. The first-order chi connectivity index (χ1) is 18.0. The Morgan fingerprint density at radius 1 is 1.26 bits per heavy atom. The lowest BCUT2D eigenvalue weighted by molar-refractivity contribution is 0.0405. The van der Waals surface area contributed by atoms with Crippen LogP contribution in [0.4, 0.5) is 4.79 Å². The Labute approximate surface area is 233 Å². The molecule has 214 valence electrons. The van der Waals surface area contributed by atoms with Crippen LogP contribution < -0.4 is 26.2 Å². The third-order valence-corrected chi connectivity index (χ3v) is 6.95. The second-order valence-electron chi connectivity index (χ2n) is 11.1. The van der Waals surface area contributed by atoms with E-state index in [0.29, 0.717) is 36.1 Å². The van der Waals surface area contributed by atoms with E-state index in [0.717, 1.165) is 61.8 Å². The van der Waals surface area contributed by atoms with Gasteiger partial charge in [0.05, 0.1) is 17.7 Å². The Balaban J connectivity index is 2.16. The van der Waals surface area contributed by atoms with E-state index in [4.69, 9.17) is 31.5 Å². The standard InChI is InChI=1S/C30H47ClN2O5/c1-6-8-19-36-27(32)24-21-25(31)26(20-22(24)12-7-2)37-23-13-9-15-30(16-10-14-23,17-11-18-34)33-28(35)38-29(3,4)5/h7,12,20-21,23,34H,2,6,8-11,13-19,32H2,1,3-5H3,(H,33,35)/b22-12-,27-24+. The molecule has 1 fully saturated rings. The van der Waals surface area contributed by atoms with E-state index in [2.05, 4.69) is 18.8 Å². The number of rotatable bonds is 11. The molecule has 1 aliphatic carbocycles. The summed E-state index contributed by atoms with van der Waals surface area (Å²) in [6.45, 7) is 12.1. The van der Waals surface area contributed by atoms with E-state index >= 15 is 0 Å². The van der Waals surface area contributed by atoms with Gasteiger partial charge in [-0.05, 0) is 95.9 Å². The van der Waals surface area contributed by atoms with Crippen molar-refractivity contribution in [3.63, 3.8) is 0 Å². The second kappa shape index (κ2) is 15.3. The maximum atomic E-state index is 12.6. The van der Waals surface area contributed by atoms with Crippen LogP contribution in [0.15, 0.2) is 24.8 Å². The van der Waals surface area contributed by atoms with Gasteiger partial charge in [-0.3, -0.25) is 0 Å². The molecule has 0 heterocycles. The topological polar surface area (TPSA) is 103 Å². The molecule has 0 aromatic heterocycles. The lowest BCUT2D eigenvalue weighted by atomic mass is 9.80. The van der Waals surface area contributed by atoms with Crippen molar-refractivity contribution in [1.29, 1.82) is 0 Å². The highest BCUT2D eigenvalue weighted by Gasteiger charge is 2.34. The zero-order chi connectivity index (χ0) is 28.2. The van der Waals surface area contributed by atoms with E-state index in [1.807, 2.05) is 32.9 Å². The van der Waals surface area contributed by atoms with Crippen molar-refractivity contribution in [2.75, 3.05) is 13.2 Å². The molecular formula is C30H47ClN2O5. The highest BCUT2D eigenvalue weighted by Crippen LogP contribution is 2.33. The van der Waals surface area contributed by atoms with Gasteiger partial charge in [-0.25, -0.2) is 4.79 Å². The Kier molecular flexibility index (Phi) is 12.8. The second-order valence-corrected chi connectivity index (χ2v) is 11.5. The molecule has 1 aromatic carbocycles. The number of alkyl carbamates (subject to hydrolysis) is 1. The van der Waals surface area contributed by atoms with Crippen molar-refractivity contribution >= 4 is 29.7 Å². The molecule has 0 saturated heterocycles. The fourth-order valence-corrected chi connectivity index (χ4v) is 5.03. The SMILES string of the molecule is C=C/C=c1/cc(OC2CCCC(CCCO)(NC(=O)OC(C)(C)C)CCC2)c(Cl)c/c1=C(/N)OCCCC. The Morgan fingerprint density at radius 2 is 1.95 bits per heavy atom. The minimum Gasteiger partial charge on any atom is -0.489 e. The Morgan fingerprint density at radius 3 is 2.53 bits per heavy atom. The summed E-state index contributed by atoms with van der Waals surface area (Å²) in [7, 11) is 0. The van der Waals surface area contributed by atoms with Crippen molar-refractivity contribution in [2.45, 2.75) is 109 Å². The molecule has 2 rings (SSSR count). The van der Waals surface area contributed by atoms with Crippen molar-refractivity contribution in [1.82, 2.24) is 5.32 Å². The Hall–Kier alpha value is -2.38. The normalized spacial score (nSPS) is 21.6. The lowest BCUT2D eigenvalue weighted by Crippen LogP contribution is -2.51. The van der Waals surface area contributed by atoms with Crippen molar-refractivity contribution in [3.05, 3.63) is 40.2 Å². The van der Waals surface area contributed by atoms with Gasteiger partial charge < -0.3 is 30.4 Å². The van der Waals surface area contributed by atoms with Crippen molar-refractivity contribution in [3.8, 4) is 5.75 Å². The number of unbranched alkanes of at least 4 members (excludes halogenated alkanes) is 1. The van der Waals surface area contributed by atoms with Gasteiger partial charge in [-0.1, -0.05) is 43.7 Å². The molecule has 1 amide bonds. The summed E-state index contributed by atoms with van der Waals surface area (Å²) in [5.41, 5.74) is 5.26. The van der Waals surface area contributed by atoms with E-state index in [9.17, 15) is 9.90 Å². The van der Waals surface area contributed by atoms with Crippen LogP contribution in [0.3, 0.4) is 0 Å². The number of aliphatic hydroxyl groups is 1. The summed E-state index contributed by atoms with van der Waals surface area (Å²) in [6.07, 6.45) is 11.4. The quantitative estimate of drug-likeness (QED) is 0.324. The minimum atomic E-state index is -0.566. The first kappa shape index (κ1) is 31.8. The summed E-state index contributed by atoms with van der Waals surface area (Å²) in [5.74, 6) is 0.941. The number of carbonyl (C=O) groups excluding carboxylic acids is 1. The average Bonchev–Trinajstić information content (AvgIpc) is 2.82. The van der Waals surface area contributed by atoms with Crippen molar-refractivity contribution in [2.24, 2.45) is 5.73 Å². The molecule has 1 aliphatic rings. The van der Waals surface area contributed by atoms with Crippen molar-refractivity contribution < 1.29 is 24.1 Å². The number of carbonyl (C=O) groups is 1. The summed E-state index contributed by atoms with van der Waals surface area (Å²) in [4.78, 5) is 12.6. The number of halogens is 1. The molecule has 7 nitrogen and oxygen atoms in total. The first-order valence-electron chi connectivity index (χ1n) is 13.9. The third kappa shape index (κ3) is 10.4. The number of nitrogens with two attached hydrogens (primary N) is 1.